The van der Waals surface area contributed by atoms with Gasteiger partial charge in [0.2, 0.25) is 0 Å². The summed E-state index contributed by atoms with van der Waals surface area (Å²) >= 11 is 0. The molecule has 33 heavy (non-hydrogen) atoms. The molecule has 0 heteroatoms. The Morgan fingerprint density at radius 2 is 0.424 bits per heavy atom. The van der Waals surface area contributed by atoms with E-state index in [0.717, 1.165) is 5.92 Å². The van der Waals surface area contributed by atoms with E-state index in [-0.39, 0.29) is 0 Å². The molecule has 0 aliphatic heterocycles. The molecule has 0 rings (SSSR count). The van der Waals surface area contributed by atoms with Gasteiger partial charge in [0.15, 0.2) is 0 Å². The Hall–Kier alpha value is 0. The third-order valence-electron chi connectivity index (χ3n) is 7.90. The van der Waals surface area contributed by atoms with Crippen molar-refractivity contribution in [1.29, 1.82) is 0 Å². The molecule has 0 N–H and O–H groups in total. The lowest BCUT2D eigenvalue weighted by Crippen LogP contribution is -2.01. The summed E-state index contributed by atoms with van der Waals surface area (Å²) in [6.45, 7) is 6.97. The molecular formula is C33H68. The lowest BCUT2D eigenvalue weighted by molar-refractivity contribution is 0.366. The van der Waals surface area contributed by atoms with Gasteiger partial charge in [0, 0.05) is 0 Å². The quantitative estimate of drug-likeness (QED) is 0.0965. The van der Waals surface area contributed by atoms with Crippen molar-refractivity contribution in [3.8, 4) is 0 Å². The number of unbranched alkanes of at least 4 members (excludes halogenated alkanes) is 23. The summed E-state index contributed by atoms with van der Waals surface area (Å²) in [6, 6.07) is 0. The van der Waals surface area contributed by atoms with Crippen molar-refractivity contribution in [3.63, 3.8) is 0 Å². The van der Waals surface area contributed by atoms with Crippen LogP contribution in [0, 0.1) is 5.92 Å². The minimum absolute atomic E-state index is 1.04. The van der Waals surface area contributed by atoms with E-state index in [0.29, 0.717) is 0 Å². The molecule has 0 fully saturated rings. The largest absolute Gasteiger partial charge is 0.0654 e. The Bertz CT molecular complexity index is 320. The molecule has 200 valence electrons. The maximum Gasteiger partial charge on any atom is -0.0414 e. The zero-order valence-corrected chi connectivity index (χ0v) is 24.1. The maximum atomic E-state index is 2.34. The fourth-order valence-electron chi connectivity index (χ4n) is 5.49. The predicted molar refractivity (Wildman–Crippen MR) is 154 cm³/mol. The standard InChI is InChI=1S/C33H68/c1-4-7-10-13-15-16-17-18-19-20-21-22-24-26-29-32-33(30-27-12-9-6-3)31-28-25-23-14-11-8-5-2/h33H,4-32H2,1-3H3. The van der Waals surface area contributed by atoms with Gasteiger partial charge in [-0.3, -0.25) is 0 Å². The van der Waals surface area contributed by atoms with E-state index in [2.05, 4.69) is 20.8 Å². The van der Waals surface area contributed by atoms with Crippen LogP contribution in [0.2, 0.25) is 0 Å². The molecule has 0 aromatic rings. The zero-order valence-electron chi connectivity index (χ0n) is 24.1. The average molecular weight is 465 g/mol. The van der Waals surface area contributed by atoms with Crippen LogP contribution in [0.5, 0.6) is 0 Å². The van der Waals surface area contributed by atoms with Gasteiger partial charge >= 0.3 is 0 Å². The lowest BCUT2D eigenvalue weighted by Gasteiger charge is -2.17. The molecule has 1 atom stereocenters. The molecule has 0 amide bonds. The number of rotatable bonds is 29. The molecule has 0 aromatic carbocycles. The lowest BCUT2D eigenvalue weighted by atomic mass is 9.89. The van der Waals surface area contributed by atoms with Crippen LogP contribution in [0.15, 0.2) is 0 Å². The SMILES string of the molecule is CCCCCCCCCCCCCCCCCC(CCCCCC)CCCCCCCCC. The van der Waals surface area contributed by atoms with Gasteiger partial charge in [0.05, 0.1) is 0 Å². The van der Waals surface area contributed by atoms with E-state index in [1.807, 2.05) is 0 Å². The molecule has 0 nitrogen and oxygen atoms in total. The first-order valence-corrected chi connectivity index (χ1v) is 16.3. The van der Waals surface area contributed by atoms with E-state index in [1.54, 1.807) is 0 Å². The van der Waals surface area contributed by atoms with Crippen molar-refractivity contribution in [2.45, 2.75) is 207 Å². The summed E-state index contributed by atoms with van der Waals surface area (Å²) < 4.78 is 0. The monoisotopic (exact) mass is 465 g/mol. The minimum atomic E-state index is 1.04. The van der Waals surface area contributed by atoms with E-state index >= 15 is 0 Å². The van der Waals surface area contributed by atoms with Crippen molar-refractivity contribution in [2.24, 2.45) is 5.92 Å². The van der Waals surface area contributed by atoms with Crippen LogP contribution in [0.25, 0.3) is 0 Å². The second-order valence-corrected chi connectivity index (χ2v) is 11.4. The molecule has 0 aromatic heterocycles. The van der Waals surface area contributed by atoms with E-state index in [4.69, 9.17) is 0 Å². The van der Waals surface area contributed by atoms with Crippen molar-refractivity contribution in [1.82, 2.24) is 0 Å². The molecule has 0 radical (unpaired) electrons. The first-order valence-electron chi connectivity index (χ1n) is 16.3. The van der Waals surface area contributed by atoms with Gasteiger partial charge in [0.1, 0.15) is 0 Å². The Morgan fingerprint density at radius 1 is 0.242 bits per heavy atom. The predicted octanol–water partition coefficient (Wildman–Crippen LogP) is 13.0. The van der Waals surface area contributed by atoms with E-state index in [9.17, 15) is 0 Å². The second kappa shape index (κ2) is 30.0. The van der Waals surface area contributed by atoms with Gasteiger partial charge < -0.3 is 0 Å². The smallest absolute Gasteiger partial charge is 0.0414 e. The first kappa shape index (κ1) is 33.0. The topological polar surface area (TPSA) is 0 Å². The fraction of sp³-hybridized carbons (Fsp3) is 1.00. The van der Waals surface area contributed by atoms with Crippen molar-refractivity contribution < 1.29 is 0 Å². The van der Waals surface area contributed by atoms with Crippen LogP contribution in [0.1, 0.15) is 207 Å². The van der Waals surface area contributed by atoms with Crippen molar-refractivity contribution >= 4 is 0 Å². The van der Waals surface area contributed by atoms with Gasteiger partial charge in [-0.15, -0.1) is 0 Å². The van der Waals surface area contributed by atoms with Crippen LogP contribution in [-0.2, 0) is 0 Å². The summed E-state index contributed by atoms with van der Waals surface area (Å²) in [5.41, 5.74) is 0. The van der Waals surface area contributed by atoms with Crippen LogP contribution in [-0.4, -0.2) is 0 Å². The number of hydrogen-bond acceptors (Lipinski definition) is 0. The summed E-state index contributed by atoms with van der Waals surface area (Å²) in [4.78, 5) is 0. The van der Waals surface area contributed by atoms with Crippen LogP contribution >= 0.6 is 0 Å². The molecular weight excluding hydrogens is 396 g/mol. The highest BCUT2D eigenvalue weighted by Crippen LogP contribution is 2.24. The molecule has 0 heterocycles. The average Bonchev–Trinajstić information content (AvgIpc) is 2.83. The minimum Gasteiger partial charge on any atom is -0.0654 e. The molecule has 0 saturated carbocycles. The van der Waals surface area contributed by atoms with Gasteiger partial charge in [-0.1, -0.05) is 207 Å². The fourth-order valence-corrected chi connectivity index (χ4v) is 5.49. The number of hydrogen-bond donors (Lipinski definition) is 0. The summed E-state index contributed by atoms with van der Waals surface area (Å²) in [6.07, 6.45) is 42.8. The van der Waals surface area contributed by atoms with Crippen molar-refractivity contribution in [2.75, 3.05) is 0 Å². The second-order valence-electron chi connectivity index (χ2n) is 11.4. The normalized spacial score (nSPS) is 12.5. The van der Waals surface area contributed by atoms with Crippen molar-refractivity contribution in [3.05, 3.63) is 0 Å². The van der Waals surface area contributed by atoms with Gasteiger partial charge in [0.25, 0.3) is 0 Å². The molecule has 1 unspecified atom stereocenters. The molecule has 0 bridgehead atoms. The molecule has 0 saturated heterocycles. The van der Waals surface area contributed by atoms with Crippen LogP contribution in [0.3, 0.4) is 0 Å². The van der Waals surface area contributed by atoms with Gasteiger partial charge in [-0.25, -0.2) is 0 Å². The Labute approximate surface area is 212 Å². The summed E-state index contributed by atoms with van der Waals surface area (Å²) in [5, 5.41) is 0. The van der Waals surface area contributed by atoms with Crippen LogP contribution < -0.4 is 0 Å². The molecule has 0 aliphatic carbocycles. The highest BCUT2D eigenvalue weighted by molar-refractivity contribution is 4.62. The third-order valence-corrected chi connectivity index (χ3v) is 7.90. The van der Waals surface area contributed by atoms with Gasteiger partial charge in [-0.2, -0.15) is 0 Å². The molecule has 0 spiro atoms. The summed E-state index contributed by atoms with van der Waals surface area (Å²) in [7, 11) is 0. The van der Waals surface area contributed by atoms with Gasteiger partial charge in [-0.05, 0) is 5.92 Å². The Kier molecular flexibility index (Phi) is 30.0. The summed E-state index contributed by atoms with van der Waals surface area (Å²) in [5.74, 6) is 1.04. The van der Waals surface area contributed by atoms with E-state index < -0.39 is 0 Å². The Balaban J connectivity index is 3.58. The maximum absolute atomic E-state index is 2.34. The highest BCUT2D eigenvalue weighted by Gasteiger charge is 2.08. The van der Waals surface area contributed by atoms with E-state index in [1.165, 1.54) is 186 Å². The van der Waals surface area contributed by atoms with Crippen LogP contribution in [0.4, 0.5) is 0 Å². The first-order chi connectivity index (χ1) is 16.3. The zero-order chi connectivity index (χ0) is 24.1. The third kappa shape index (κ3) is 28.1. The highest BCUT2D eigenvalue weighted by atomic mass is 14.1. The molecule has 0 aliphatic rings. The Morgan fingerprint density at radius 3 is 0.667 bits per heavy atom.